The molecule has 166 valence electrons. The molecule has 0 aromatic carbocycles. The van der Waals surface area contributed by atoms with Gasteiger partial charge < -0.3 is 14.7 Å². The molecule has 0 radical (unpaired) electrons. The van der Waals surface area contributed by atoms with Gasteiger partial charge in [0, 0.05) is 45.0 Å². The van der Waals surface area contributed by atoms with Gasteiger partial charge in [-0.25, -0.2) is 0 Å². The lowest BCUT2D eigenvalue weighted by Crippen LogP contribution is -2.53. The van der Waals surface area contributed by atoms with E-state index in [2.05, 4.69) is 16.9 Å². The van der Waals surface area contributed by atoms with E-state index < -0.39 is 0 Å². The number of rotatable bonds is 4. The zero-order valence-electron chi connectivity index (χ0n) is 19.0. The Kier molecular flexibility index (Phi) is 6.19. The summed E-state index contributed by atoms with van der Waals surface area (Å²) in [6.07, 6.45) is 9.01. The normalized spacial score (nSPS) is 27.9. The summed E-state index contributed by atoms with van der Waals surface area (Å²) in [6.45, 7) is 7.29. The lowest BCUT2D eigenvalue weighted by Gasteiger charge is -2.39. The molecule has 3 aliphatic rings. The molecule has 0 unspecified atom stereocenters. The Bertz CT molecular complexity index is 783. The average Bonchev–Trinajstić information content (AvgIpc) is 3.32. The molecule has 30 heavy (non-hydrogen) atoms. The van der Waals surface area contributed by atoms with Crippen LogP contribution >= 0.6 is 0 Å². The van der Waals surface area contributed by atoms with Gasteiger partial charge in [-0.15, -0.1) is 0 Å². The van der Waals surface area contributed by atoms with Crippen molar-refractivity contribution in [2.24, 2.45) is 13.0 Å². The summed E-state index contributed by atoms with van der Waals surface area (Å²) in [6, 6.07) is 0.134. The summed E-state index contributed by atoms with van der Waals surface area (Å²) >= 11 is 0. The van der Waals surface area contributed by atoms with Crippen molar-refractivity contribution in [1.82, 2.24) is 24.5 Å². The summed E-state index contributed by atoms with van der Waals surface area (Å²) in [7, 11) is 3.81. The van der Waals surface area contributed by atoms with Crippen LogP contribution in [0, 0.1) is 12.8 Å². The summed E-state index contributed by atoms with van der Waals surface area (Å²) in [4.78, 5) is 33.7. The van der Waals surface area contributed by atoms with Gasteiger partial charge in [-0.05, 0) is 51.5 Å². The second kappa shape index (κ2) is 8.69. The van der Waals surface area contributed by atoms with Crippen LogP contribution in [-0.2, 0) is 11.8 Å². The standard InChI is InChI=1S/C23H37N5O2/c1-5-27-12-10-18(11-13-27)25(3)23(30)21-14-17-8-6-7-9-20(17)28(21)22(29)19-15-24-26(4)16(19)2/h15,17-18,20-21H,5-14H2,1-4H3/t17-,20-,21-/m0/s1. The number of nitrogens with zero attached hydrogens (tertiary/aromatic N) is 5. The third kappa shape index (κ3) is 3.77. The summed E-state index contributed by atoms with van der Waals surface area (Å²) < 4.78 is 1.74. The number of likely N-dealkylation sites (N-methyl/N-ethyl adjacent to an activating group) is 1. The summed E-state index contributed by atoms with van der Waals surface area (Å²) in [5.74, 6) is 0.570. The van der Waals surface area contributed by atoms with Crippen molar-refractivity contribution in [3.05, 3.63) is 17.5 Å². The molecule has 2 saturated heterocycles. The number of hydrogen-bond donors (Lipinski definition) is 0. The number of aryl methyl sites for hydroxylation is 1. The quantitative estimate of drug-likeness (QED) is 0.758. The Hall–Kier alpha value is -1.89. The Morgan fingerprint density at radius 3 is 2.50 bits per heavy atom. The number of carbonyl (C=O) groups excluding carboxylic acids is 2. The molecule has 1 aliphatic carbocycles. The van der Waals surface area contributed by atoms with Crippen LogP contribution in [0.1, 0.15) is 67.9 Å². The molecule has 2 amide bonds. The minimum atomic E-state index is -0.334. The maximum absolute atomic E-state index is 13.7. The molecule has 2 aliphatic heterocycles. The number of fused-ring (bicyclic) bond motifs is 1. The molecule has 3 heterocycles. The van der Waals surface area contributed by atoms with Crippen molar-refractivity contribution in [2.45, 2.75) is 76.9 Å². The highest BCUT2D eigenvalue weighted by Crippen LogP contribution is 2.41. The summed E-state index contributed by atoms with van der Waals surface area (Å²) in [5.41, 5.74) is 1.51. The van der Waals surface area contributed by atoms with Crippen molar-refractivity contribution in [3.8, 4) is 0 Å². The predicted molar refractivity (Wildman–Crippen MR) is 116 cm³/mol. The fraction of sp³-hybridized carbons (Fsp3) is 0.783. The van der Waals surface area contributed by atoms with Crippen LogP contribution in [0.25, 0.3) is 0 Å². The van der Waals surface area contributed by atoms with E-state index in [1.54, 1.807) is 10.9 Å². The van der Waals surface area contributed by atoms with Gasteiger partial charge in [-0.1, -0.05) is 19.8 Å². The van der Waals surface area contributed by atoms with Crippen LogP contribution in [0.2, 0.25) is 0 Å². The first kappa shape index (κ1) is 21.3. The molecule has 0 N–H and O–H groups in total. The number of amides is 2. The van der Waals surface area contributed by atoms with E-state index in [4.69, 9.17) is 0 Å². The van der Waals surface area contributed by atoms with E-state index in [1.807, 2.05) is 30.8 Å². The Morgan fingerprint density at radius 1 is 1.17 bits per heavy atom. The molecule has 4 rings (SSSR count). The molecule has 0 spiro atoms. The minimum absolute atomic E-state index is 0.0115. The van der Waals surface area contributed by atoms with E-state index >= 15 is 0 Å². The van der Waals surface area contributed by atoms with Crippen LogP contribution < -0.4 is 0 Å². The Balaban J connectivity index is 1.56. The Labute approximate surface area is 180 Å². The second-order valence-corrected chi connectivity index (χ2v) is 9.46. The molecule has 0 bridgehead atoms. The third-order valence-corrected chi connectivity index (χ3v) is 7.97. The third-order valence-electron chi connectivity index (χ3n) is 7.97. The van der Waals surface area contributed by atoms with Gasteiger partial charge in [-0.3, -0.25) is 14.3 Å². The molecule has 7 heteroatoms. The van der Waals surface area contributed by atoms with Crippen LogP contribution in [0.4, 0.5) is 0 Å². The van der Waals surface area contributed by atoms with Crippen LogP contribution in [-0.4, -0.2) is 81.1 Å². The monoisotopic (exact) mass is 415 g/mol. The minimum Gasteiger partial charge on any atom is -0.341 e. The van der Waals surface area contributed by atoms with Gasteiger partial charge in [0.25, 0.3) is 5.91 Å². The Morgan fingerprint density at radius 2 is 1.87 bits per heavy atom. The molecule has 1 saturated carbocycles. The number of piperidine rings is 1. The van der Waals surface area contributed by atoms with Crippen LogP contribution in [0.3, 0.4) is 0 Å². The number of aromatic nitrogens is 2. The van der Waals surface area contributed by atoms with Gasteiger partial charge in [0.1, 0.15) is 6.04 Å². The average molecular weight is 416 g/mol. The van der Waals surface area contributed by atoms with E-state index in [0.717, 1.165) is 63.9 Å². The molecular weight excluding hydrogens is 378 g/mol. The fourth-order valence-electron chi connectivity index (χ4n) is 5.86. The van der Waals surface area contributed by atoms with E-state index in [9.17, 15) is 9.59 Å². The lowest BCUT2D eigenvalue weighted by molar-refractivity contribution is -0.137. The van der Waals surface area contributed by atoms with Crippen LogP contribution in [0.15, 0.2) is 6.20 Å². The lowest BCUT2D eigenvalue weighted by atomic mass is 9.84. The SMILES string of the molecule is CCN1CCC(N(C)C(=O)[C@@H]2C[C@@H]3CCCC[C@@H]3N2C(=O)c2cnn(C)c2C)CC1. The smallest absolute Gasteiger partial charge is 0.258 e. The first-order valence-corrected chi connectivity index (χ1v) is 11.7. The van der Waals surface area contributed by atoms with E-state index in [1.165, 1.54) is 6.42 Å². The fourth-order valence-corrected chi connectivity index (χ4v) is 5.86. The van der Waals surface area contributed by atoms with Gasteiger partial charge in [0.05, 0.1) is 11.8 Å². The van der Waals surface area contributed by atoms with Gasteiger partial charge >= 0.3 is 0 Å². The topological polar surface area (TPSA) is 61.7 Å². The highest BCUT2D eigenvalue weighted by molar-refractivity contribution is 5.99. The van der Waals surface area contributed by atoms with Gasteiger partial charge in [0.15, 0.2) is 0 Å². The van der Waals surface area contributed by atoms with Crippen LogP contribution in [0.5, 0.6) is 0 Å². The number of hydrogen-bond acceptors (Lipinski definition) is 4. The molecule has 3 atom stereocenters. The first-order chi connectivity index (χ1) is 14.4. The van der Waals surface area contributed by atoms with Gasteiger partial charge in [0.2, 0.25) is 5.91 Å². The highest BCUT2D eigenvalue weighted by atomic mass is 16.2. The first-order valence-electron chi connectivity index (χ1n) is 11.7. The van der Waals surface area contributed by atoms with Crippen molar-refractivity contribution >= 4 is 11.8 Å². The number of carbonyl (C=O) groups is 2. The van der Waals surface area contributed by atoms with Gasteiger partial charge in [-0.2, -0.15) is 5.10 Å². The largest absolute Gasteiger partial charge is 0.341 e. The molecular formula is C23H37N5O2. The highest BCUT2D eigenvalue weighted by Gasteiger charge is 2.49. The number of likely N-dealkylation sites (tertiary alicyclic amines) is 2. The molecule has 1 aromatic rings. The predicted octanol–water partition coefficient (Wildman–Crippen LogP) is 2.44. The zero-order valence-corrected chi connectivity index (χ0v) is 19.0. The van der Waals surface area contributed by atoms with E-state index in [-0.39, 0.29) is 29.9 Å². The molecule has 3 fully saturated rings. The molecule has 1 aromatic heterocycles. The van der Waals surface area contributed by atoms with Crippen molar-refractivity contribution in [2.75, 3.05) is 26.7 Å². The molecule has 7 nitrogen and oxygen atoms in total. The summed E-state index contributed by atoms with van der Waals surface area (Å²) in [5, 5.41) is 4.28. The maximum atomic E-state index is 13.7. The van der Waals surface area contributed by atoms with E-state index in [0.29, 0.717) is 11.5 Å². The zero-order chi connectivity index (χ0) is 21.4. The van der Waals surface area contributed by atoms with Crippen molar-refractivity contribution in [1.29, 1.82) is 0 Å². The second-order valence-electron chi connectivity index (χ2n) is 9.46. The maximum Gasteiger partial charge on any atom is 0.258 e. The van der Waals surface area contributed by atoms with Crippen molar-refractivity contribution in [3.63, 3.8) is 0 Å². The van der Waals surface area contributed by atoms with Crippen molar-refractivity contribution < 1.29 is 9.59 Å².